The number of quaternary nitrogens is 1. The Morgan fingerprint density at radius 2 is 1.70 bits per heavy atom. The summed E-state index contributed by atoms with van der Waals surface area (Å²) in [6.45, 7) is 7.07. The van der Waals surface area contributed by atoms with Crippen LogP contribution in [0.25, 0.3) is 0 Å². The zero-order chi connectivity index (χ0) is 7.78. The molecule has 0 aromatic heterocycles. The summed E-state index contributed by atoms with van der Waals surface area (Å²) in [5.41, 5.74) is 3.20. The third-order valence-corrected chi connectivity index (χ3v) is 2.49. The summed E-state index contributed by atoms with van der Waals surface area (Å²) < 4.78 is 1.17. The van der Waals surface area contributed by atoms with Gasteiger partial charge in [0.2, 0.25) is 0 Å². The molecule has 1 heterocycles. The summed E-state index contributed by atoms with van der Waals surface area (Å²) in [4.78, 5) is 0. The summed E-state index contributed by atoms with van der Waals surface area (Å²) in [6.07, 6.45) is 1.29. The standard InChI is InChI=1S/C9H18N/c1-8-5-6-10(3,4)7-9(8)2/h5-7H2,1-4H3/q+1. The van der Waals surface area contributed by atoms with Crippen molar-refractivity contribution in [2.45, 2.75) is 20.3 Å². The molecular formula is C9H18N+. The van der Waals surface area contributed by atoms with Crippen LogP contribution in [0.3, 0.4) is 0 Å². The maximum atomic E-state index is 2.30. The van der Waals surface area contributed by atoms with Gasteiger partial charge in [0.1, 0.15) is 0 Å². The summed E-state index contributed by atoms with van der Waals surface area (Å²) in [5.74, 6) is 0. The average Bonchev–Trinajstić information content (AvgIpc) is 1.79. The lowest BCUT2D eigenvalue weighted by Crippen LogP contribution is -2.44. The Bertz CT molecular complexity index is 166. The Morgan fingerprint density at radius 3 is 2.10 bits per heavy atom. The molecule has 1 nitrogen and oxygen atoms in total. The number of hydrogen-bond donors (Lipinski definition) is 0. The van der Waals surface area contributed by atoms with Crippen molar-refractivity contribution in [1.82, 2.24) is 0 Å². The van der Waals surface area contributed by atoms with Crippen molar-refractivity contribution < 1.29 is 4.48 Å². The van der Waals surface area contributed by atoms with Crippen molar-refractivity contribution in [3.63, 3.8) is 0 Å². The van der Waals surface area contributed by atoms with Crippen LogP contribution in [-0.2, 0) is 0 Å². The topological polar surface area (TPSA) is 0 Å². The molecule has 0 saturated heterocycles. The maximum absolute atomic E-state index is 2.30. The molecule has 1 rings (SSSR count). The first kappa shape index (κ1) is 7.80. The van der Waals surface area contributed by atoms with E-state index in [2.05, 4.69) is 27.9 Å². The zero-order valence-corrected chi connectivity index (χ0v) is 7.57. The van der Waals surface area contributed by atoms with Crippen molar-refractivity contribution in [3.05, 3.63) is 11.1 Å². The fourth-order valence-electron chi connectivity index (χ4n) is 1.54. The highest BCUT2D eigenvalue weighted by atomic mass is 15.3. The van der Waals surface area contributed by atoms with E-state index in [1.54, 1.807) is 11.1 Å². The van der Waals surface area contributed by atoms with Crippen LogP contribution in [0.5, 0.6) is 0 Å². The second-order valence-electron chi connectivity index (χ2n) is 4.13. The Hall–Kier alpha value is -0.300. The van der Waals surface area contributed by atoms with E-state index in [9.17, 15) is 0 Å². The van der Waals surface area contributed by atoms with Crippen LogP contribution in [-0.4, -0.2) is 31.7 Å². The van der Waals surface area contributed by atoms with Gasteiger partial charge >= 0.3 is 0 Å². The van der Waals surface area contributed by atoms with Crippen LogP contribution in [0.15, 0.2) is 11.1 Å². The molecular weight excluding hydrogens is 122 g/mol. The van der Waals surface area contributed by atoms with E-state index < -0.39 is 0 Å². The van der Waals surface area contributed by atoms with Crippen LogP contribution in [0.1, 0.15) is 20.3 Å². The van der Waals surface area contributed by atoms with Gasteiger partial charge in [0, 0.05) is 6.42 Å². The van der Waals surface area contributed by atoms with Crippen molar-refractivity contribution in [2.24, 2.45) is 0 Å². The van der Waals surface area contributed by atoms with E-state index in [0.717, 1.165) is 0 Å². The predicted molar refractivity (Wildman–Crippen MR) is 44.8 cm³/mol. The van der Waals surface area contributed by atoms with Gasteiger partial charge < -0.3 is 4.48 Å². The van der Waals surface area contributed by atoms with Gasteiger partial charge in [0.15, 0.2) is 0 Å². The van der Waals surface area contributed by atoms with Gasteiger partial charge in [-0.3, -0.25) is 0 Å². The molecule has 58 valence electrons. The highest BCUT2D eigenvalue weighted by molar-refractivity contribution is 5.11. The number of hydrogen-bond acceptors (Lipinski definition) is 0. The van der Waals surface area contributed by atoms with Gasteiger partial charge in [-0.25, -0.2) is 0 Å². The molecule has 0 aromatic rings. The third kappa shape index (κ3) is 1.60. The number of rotatable bonds is 0. The fourth-order valence-corrected chi connectivity index (χ4v) is 1.54. The molecule has 0 N–H and O–H groups in total. The highest BCUT2D eigenvalue weighted by Crippen LogP contribution is 2.19. The van der Waals surface area contributed by atoms with Gasteiger partial charge in [0.25, 0.3) is 0 Å². The van der Waals surface area contributed by atoms with E-state index in [0.29, 0.717) is 0 Å². The largest absolute Gasteiger partial charge is 0.325 e. The van der Waals surface area contributed by atoms with E-state index in [4.69, 9.17) is 0 Å². The fraction of sp³-hybridized carbons (Fsp3) is 0.778. The van der Waals surface area contributed by atoms with Crippen LogP contribution in [0.2, 0.25) is 0 Å². The summed E-state index contributed by atoms with van der Waals surface area (Å²) >= 11 is 0. The molecule has 0 radical (unpaired) electrons. The minimum Gasteiger partial charge on any atom is -0.325 e. The van der Waals surface area contributed by atoms with Crippen LogP contribution in [0, 0.1) is 0 Å². The summed E-state index contributed by atoms with van der Waals surface area (Å²) in [7, 11) is 4.60. The Morgan fingerprint density at radius 1 is 1.10 bits per heavy atom. The molecule has 0 aromatic carbocycles. The van der Waals surface area contributed by atoms with Crippen molar-refractivity contribution in [2.75, 3.05) is 27.2 Å². The number of likely N-dealkylation sites (N-methyl/N-ethyl adjacent to an activating group) is 1. The van der Waals surface area contributed by atoms with E-state index in [1.807, 2.05) is 0 Å². The molecule has 1 heteroatoms. The van der Waals surface area contributed by atoms with E-state index >= 15 is 0 Å². The lowest BCUT2D eigenvalue weighted by Gasteiger charge is -2.34. The molecule has 0 fully saturated rings. The second-order valence-corrected chi connectivity index (χ2v) is 4.13. The van der Waals surface area contributed by atoms with Crippen molar-refractivity contribution >= 4 is 0 Å². The smallest absolute Gasteiger partial charge is 0.0999 e. The summed E-state index contributed by atoms with van der Waals surface area (Å²) in [6, 6.07) is 0. The molecule has 0 aliphatic carbocycles. The minimum atomic E-state index is 1.17. The van der Waals surface area contributed by atoms with Crippen LogP contribution in [0.4, 0.5) is 0 Å². The SMILES string of the molecule is CC1=C(C)C[N+](C)(C)CC1. The first-order valence-electron chi connectivity index (χ1n) is 3.98. The minimum absolute atomic E-state index is 1.17. The first-order chi connectivity index (χ1) is 4.51. The van der Waals surface area contributed by atoms with Gasteiger partial charge in [-0.15, -0.1) is 0 Å². The monoisotopic (exact) mass is 140 g/mol. The molecule has 0 spiro atoms. The van der Waals surface area contributed by atoms with Gasteiger partial charge in [-0.2, -0.15) is 0 Å². The van der Waals surface area contributed by atoms with E-state index in [1.165, 1.54) is 24.0 Å². The number of nitrogens with zero attached hydrogens (tertiary/aromatic N) is 1. The average molecular weight is 140 g/mol. The van der Waals surface area contributed by atoms with Gasteiger partial charge in [-0.05, 0) is 19.4 Å². The molecule has 1 aliphatic rings. The highest BCUT2D eigenvalue weighted by Gasteiger charge is 2.21. The van der Waals surface area contributed by atoms with Gasteiger partial charge in [-0.1, -0.05) is 5.57 Å². The zero-order valence-electron chi connectivity index (χ0n) is 7.57. The van der Waals surface area contributed by atoms with Crippen LogP contribution >= 0.6 is 0 Å². The van der Waals surface area contributed by atoms with Gasteiger partial charge in [0.05, 0.1) is 27.2 Å². The molecule has 1 aliphatic heterocycles. The van der Waals surface area contributed by atoms with E-state index in [-0.39, 0.29) is 0 Å². The Labute approximate surface area is 63.9 Å². The maximum Gasteiger partial charge on any atom is 0.0999 e. The molecule has 0 amide bonds. The molecule has 0 unspecified atom stereocenters. The van der Waals surface area contributed by atoms with Crippen molar-refractivity contribution in [1.29, 1.82) is 0 Å². The summed E-state index contributed by atoms with van der Waals surface area (Å²) in [5, 5.41) is 0. The third-order valence-electron chi connectivity index (χ3n) is 2.49. The molecule has 0 atom stereocenters. The second kappa shape index (κ2) is 2.39. The lowest BCUT2D eigenvalue weighted by molar-refractivity contribution is -0.887. The molecule has 10 heavy (non-hydrogen) atoms. The van der Waals surface area contributed by atoms with Crippen molar-refractivity contribution in [3.8, 4) is 0 Å². The Balaban J connectivity index is 2.72. The first-order valence-corrected chi connectivity index (χ1v) is 3.98. The normalized spacial score (nSPS) is 25.2. The lowest BCUT2D eigenvalue weighted by atomic mass is 10.0. The Kier molecular flexibility index (Phi) is 1.86. The van der Waals surface area contributed by atoms with Crippen LogP contribution < -0.4 is 0 Å². The molecule has 0 saturated carbocycles. The predicted octanol–water partition coefficient (Wildman–Crippen LogP) is 1.80. The molecule has 0 bridgehead atoms. The quantitative estimate of drug-likeness (QED) is 0.355.